The van der Waals surface area contributed by atoms with Crippen LogP contribution < -0.4 is 15.5 Å². The molecule has 0 aromatic carbocycles. The summed E-state index contributed by atoms with van der Waals surface area (Å²) in [6.45, 7) is 6.49. The lowest BCUT2D eigenvalue weighted by atomic mass is 10.3. The number of halogens is 1. The molecule has 1 aliphatic rings. The molecule has 1 atom stereocenters. The van der Waals surface area contributed by atoms with Gasteiger partial charge in [-0.15, -0.1) is 0 Å². The number of nitrogens with zero attached hydrogens (tertiary/aromatic N) is 3. The van der Waals surface area contributed by atoms with Crippen LogP contribution in [0.15, 0.2) is 23.3 Å². The van der Waals surface area contributed by atoms with Crippen molar-refractivity contribution in [3.05, 3.63) is 23.4 Å². The first kappa shape index (κ1) is 19.8. The quantitative estimate of drug-likeness (QED) is 0.399. The SMILES string of the molecule is CCCCOCCCNC(=NC)NC1CCN(c2ncccc2Cl)C1. The molecule has 2 N–H and O–H groups in total. The first-order chi connectivity index (χ1) is 12.2. The highest BCUT2D eigenvalue weighted by Crippen LogP contribution is 2.25. The highest BCUT2D eigenvalue weighted by Gasteiger charge is 2.25. The van der Waals surface area contributed by atoms with Gasteiger partial charge in [0.25, 0.3) is 0 Å². The van der Waals surface area contributed by atoms with Crippen LogP contribution in [0.1, 0.15) is 32.6 Å². The minimum atomic E-state index is 0.338. The number of pyridine rings is 1. The van der Waals surface area contributed by atoms with E-state index in [2.05, 4.69) is 32.4 Å². The molecule has 2 rings (SSSR count). The van der Waals surface area contributed by atoms with E-state index in [9.17, 15) is 0 Å². The van der Waals surface area contributed by atoms with E-state index in [4.69, 9.17) is 16.3 Å². The Bertz CT molecular complexity index is 540. The molecule has 25 heavy (non-hydrogen) atoms. The van der Waals surface area contributed by atoms with Gasteiger partial charge in [0.1, 0.15) is 5.82 Å². The first-order valence-electron chi connectivity index (χ1n) is 9.15. The summed E-state index contributed by atoms with van der Waals surface area (Å²) < 4.78 is 5.57. The molecule has 2 heterocycles. The number of aliphatic imine (C=N–C) groups is 1. The van der Waals surface area contributed by atoms with Crippen molar-refractivity contribution in [2.45, 2.75) is 38.6 Å². The van der Waals surface area contributed by atoms with Crippen LogP contribution in [0.3, 0.4) is 0 Å². The number of hydrogen-bond acceptors (Lipinski definition) is 4. The summed E-state index contributed by atoms with van der Waals surface area (Å²) in [6.07, 6.45) is 6.11. The van der Waals surface area contributed by atoms with E-state index in [-0.39, 0.29) is 0 Å². The summed E-state index contributed by atoms with van der Waals surface area (Å²) in [5, 5.41) is 7.54. The third-order valence-corrected chi connectivity index (χ3v) is 4.49. The molecule has 0 aliphatic carbocycles. The molecule has 0 spiro atoms. The topological polar surface area (TPSA) is 61.8 Å². The van der Waals surface area contributed by atoms with Crippen molar-refractivity contribution in [1.29, 1.82) is 0 Å². The summed E-state index contributed by atoms with van der Waals surface area (Å²) in [5.41, 5.74) is 0. The molecule has 0 saturated carbocycles. The molecular formula is C18H30ClN5O. The van der Waals surface area contributed by atoms with Gasteiger partial charge in [-0.1, -0.05) is 24.9 Å². The smallest absolute Gasteiger partial charge is 0.191 e. The van der Waals surface area contributed by atoms with E-state index in [1.807, 2.05) is 12.1 Å². The van der Waals surface area contributed by atoms with Crippen LogP contribution in [0.25, 0.3) is 0 Å². The number of anilines is 1. The second kappa shape index (κ2) is 11.2. The molecule has 0 amide bonds. The first-order valence-corrected chi connectivity index (χ1v) is 9.52. The molecule has 1 saturated heterocycles. The van der Waals surface area contributed by atoms with Gasteiger partial charge >= 0.3 is 0 Å². The molecule has 1 aliphatic heterocycles. The van der Waals surface area contributed by atoms with Crippen LogP contribution in [-0.2, 0) is 4.74 Å². The maximum absolute atomic E-state index is 6.24. The third-order valence-electron chi connectivity index (χ3n) is 4.19. The zero-order valence-corrected chi connectivity index (χ0v) is 16.1. The maximum atomic E-state index is 6.24. The summed E-state index contributed by atoms with van der Waals surface area (Å²) in [6, 6.07) is 4.08. The number of rotatable bonds is 9. The van der Waals surface area contributed by atoms with Crippen molar-refractivity contribution >= 4 is 23.4 Å². The number of hydrogen-bond donors (Lipinski definition) is 2. The van der Waals surface area contributed by atoms with Crippen molar-refractivity contribution < 1.29 is 4.74 Å². The van der Waals surface area contributed by atoms with Crippen molar-refractivity contribution in [2.75, 3.05) is 44.8 Å². The van der Waals surface area contributed by atoms with E-state index in [0.717, 1.165) is 63.9 Å². The molecule has 140 valence electrons. The fourth-order valence-corrected chi connectivity index (χ4v) is 3.04. The van der Waals surface area contributed by atoms with Crippen LogP contribution in [0, 0.1) is 0 Å². The van der Waals surface area contributed by atoms with Gasteiger partial charge in [0, 0.05) is 52.1 Å². The average molecular weight is 368 g/mol. The molecule has 7 heteroatoms. The predicted octanol–water partition coefficient (Wildman–Crippen LogP) is 2.69. The fraction of sp³-hybridized carbons (Fsp3) is 0.667. The maximum Gasteiger partial charge on any atom is 0.191 e. The Morgan fingerprint density at radius 3 is 3.04 bits per heavy atom. The number of nitrogens with one attached hydrogen (secondary N) is 2. The lowest BCUT2D eigenvalue weighted by Crippen LogP contribution is -2.45. The average Bonchev–Trinajstić information content (AvgIpc) is 3.08. The van der Waals surface area contributed by atoms with Gasteiger partial charge in [-0.2, -0.15) is 0 Å². The summed E-state index contributed by atoms with van der Waals surface area (Å²) >= 11 is 6.24. The lowest BCUT2D eigenvalue weighted by Gasteiger charge is -2.20. The van der Waals surface area contributed by atoms with E-state index < -0.39 is 0 Å². The zero-order valence-electron chi connectivity index (χ0n) is 15.3. The molecule has 1 aromatic rings. The van der Waals surface area contributed by atoms with Gasteiger partial charge in [-0.3, -0.25) is 4.99 Å². The van der Waals surface area contributed by atoms with Crippen LogP contribution in [0.4, 0.5) is 5.82 Å². The Kier molecular flexibility index (Phi) is 8.83. The van der Waals surface area contributed by atoms with Crippen molar-refractivity contribution in [1.82, 2.24) is 15.6 Å². The summed E-state index contributed by atoms with van der Waals surface area (Å²) in [7, 11) is 1.80. The van der Waals surface area contributed by atoms with Crippen LogP contribution >= 0.6 is 11.6 Å². The van der Waals surface area contributed by atoms with E-state index in [1.165, 1.54) is 6.42 Å². The minimum Gasteiger partial charge on any atom is -0.381 e. The number of unbranched alkanes of at least 4 members (excludes halogenated alkanes) is 1. The number of ether oxygens (including phenoxy) is 1. The van der Waals surface area contributed by atoms with Gasteiger partial charge in [0.2, 0.25) is 0 Å². The van der Waals surface area contributed by atoms with E-state index >= 15 is 0 Å². The molecule has 1 unspecified atom stereocenters. The standard InChI is InChI=1S/C18H30ClN5O/c1-3-4-12-25-13-6-10-22-18(20-2)23-15-8-11-24(14-15)17-16(19)7-5-9-21-17/h5,7,9,15H,3-4,6,8,10-14H2,1-2H3,(H2,20,22,23). The van der Waals surface area contributed by atoms with Gasteiger partial charge in [0.05, 0.1) is 5.02 Å². The highest BCUT2D eigenvalue weighted by atomic mass is 35.5. The normalized spacial score (nSPS) is 17.8. The van der Waals surface area contributed by atoms with Crippen molar-refractivity contribution in [3.8, 4) is 0 Å². The summed E-state index contributed by atoms with van der Waals surface area (Å²) in [4.78, 5) is 10.9. The highest BCUT2D eigenvalue weighted by molar-refractivity contribution is 6.32. The number of aromatic nitrogens is 1. The van der Waals surface area contributed by atoms with Crippen LogP contribution in [0.5, 0.6) is 0 Å². The molecule has 1 fully saturated rings. The molecular weight excluding hydrogens is 338 g/mol. The number of guanidine groups is 1. The largest absolute Gasteiger partial charge is 0.381 e. The lowest BCUT2D eigenvalue weighted by molar-refractivity contribution is 0.129. The third kappa shape index (κ3) is 6.71. The Morgan fingerprint density at radius 2 is 2.28 bits per heavy atom. The van der Waals surface area contributed by atoms with Gasteiger partial charge in [-0.25, -0.2) is 4.98 Å². The zero-order chi connectivity index (χ0) is 17.9. The second-order valence-electron chi connectivity index (χ2n) is 6.20. The van der Waals surface area contributed by atoms with Crippen molar-refractivity contribution in [3.63, 3.8) is 0 Å². The Morgan fingerprint density at radius 1 is 1.44 bits per heavy atom. The Balaban J connectivity index is 1.68. The predicted molar refractivity (Wildman–Crippen MR) is 105 cm³/mol. The fourth-order valence-electron chi connectivity index (χ4n) is 2.80. The van der Waals surface area contributed by atoms with Gasteiger partial charge in [0.15, 0.2) is 5.96 Å². The van der Waals surface area contributed by atoms with Crippen LogP contribution in [0.2, 0.25) is 5.02 Å². The Hall–Kier alpha value is -1.53. The monoisotopic (exact) mass is 367 g/mol. The van der Waals surface area contributed by atoms with E-state index in [1.54, 1.807) is 13.2 Å². The molecule has 0 bridgehead atoms. The molecule has 1 aromatic heterocycles. The second-order valence-corrected chi connectivity index (χ2v) is 6.61. The van der Waals surface area contributed by atoms with Crippen molar-refractivity contribution in [2.24, 2.45) is 4.99 Å². The molecule has 0 radical (unpaired) electrons. The van der Waals surface area contributed by atoms with Gasteiger partial charge in [-0.05, 0) is 31.4 Å². The minimum absolute atomic E-state index is 0.338. The van der Waals surface area contributed by atoms with E-state index in [0.29, 0.717) is 11.1 Å². The molecule has 6 nitrogen and oxygen atoms in total. The van der Waals surface area contributed by atoms with Crippen LogP contribution in [-0.4, -0.2) is 56.9 Å². The summed E-state index contributed by atoms with van der Waals surface area (Å²) in [5.74, 6) is 1.70. The Labute approximate surface area is 156 Å². The van der Waals surface area contributed by atoms with Gasteiger partial charge < -0.3 is 20.3 Å².